The first kappa shape index (κ1) is 25.2. The van der Waals surface area contributed by atoms with Crippen LogP contribution in [-0.2, 0) is 5.41 Å². The molecule has 10 nitrogen and oxygen atoms in total. The van der Waals surface area contributed by atoms with Crippen molar-refractivity contribution in [2.24, 2.45) is 10.2 Å². The lowest BCUT2D eigenvalue weighted by Gasteiger charge is -2.19. The van der Waals surface area contributed by atoms with Gasteiger partial charge in [-0.1, -0.05) is 57.2 Å². The summed E-state index contributed by atoms with van der Waals surface area (Å²) in [5.74, 6) is -0.537. The van der Waals surface area contributed by atoms with Crippen molar-refractivity contribution < 1.29 is 9.90 Å². The van der Waals surface area contributed by atoms with Gasteiger partial charge in [-0.05, 0) is 40.6 Å². The molecule has 0 aliphatic heterocycles. The summed E-state index contributed by atoms with van der Waals surface area (Å²) < 4.78 is 1.29. The van der Waals surface area contributed by atoms with Crippen LogP contribution in [0.1, 0.15) is 36.7 Å². The maximum Gasteiger partial charge on any atom is 0.259 e. The van der Waals surface area contributed by atoms with Crippen LogP contribution in [0.3, 0.4) is 0 Å². The largest absolute Gasteiger partial charge is 0.505 e. The molecule has 0 atom stereocenters. The van der Waals surface area contributed by atoms with Crippen molar-refractivity contribution in [1.82, 2.24) is 19.7 Å². The number of amides is 1. The standard InChI is InChI=1S/C29H24N8O2/c1-29(2,3)19-10-12-20(13-11-19)34-27(39)22-16-18-8-5-6-9-21(18)24(25(22)38)35-36-26-23(30-4)17-33-37(26)28-31-14-7-15-32-28/h5-17,38H,1-3H3,(H,34,39)/b36-35+. The summed E-state index contributed by atoms with van der Waals surface area (Å²) in [6.07, 6.45) is 4.42. The summed E-state index contributed by atoms with van der Waals surface area (Å²) in [4.78, 5) is 25.0. The molecule has 5 rings (SSSR count). The van der Waals surface area contributed by atoms with Crippen LogP contribution in [0.4, 0.5) is 22.9 Å². The third kappa shape index (κ3) is 5.06. The van der Waals surface area contributed by atoms with Crippen molar-refractivity contribution in [3.05, 3.63) is 102 Å². The molecule has 0 spiro atoms. The van der Waals surface area contributed by atoms with E-state index in [9.17, 15) is 9.90 Å². The van der Waals surface area contributed by atoms with Crippen molar-refractivity contribution in [3.63, 3.8) is 0 Å². The number of hydrogen-bond acceptors (Lipinski definition) is 7. The lowest BCUT2D eigenvalue weighted by Crippen LogP contribution is -2.14. The van der Waals surface area contributed by atoms with Gasteiger partial charge in [-0.3, -0.25) is 4.79 Å². The smallest absolute Gasteiger partial charge is 0.259 e. The quantitative estimate of drug-likeness (QED) is 0.192. The van der Waals surface area contributed by atoms with E-state index in [0.29, 0.717) is 16.5 Å². The van der Waals surface area contributed by atoms with Gasteiger partial charge in [-0.15, -0.1) is 10.2 Å². The van der Waals surface area contributed by atoms with Gasteiger partial charge in [-0.2, -0.15) is 9.78 Å². The molecule has 1 amide bonds. The molecule has 0 fully saturated rings. The Morgan fingerprint density at radius 1 is 1.03 bits per heavy atom. The Kier molecular flexibility index (Phi) is 6.56. The highest BCUT2D eigenvalue weighted by atomic mass is 16.3. The Morgan fingerprint density at radius 3 is 2.44 bits per heavy atom. The Labute approximate surface area is 224 Å². The maximum absolute atomic E-state index is 13.3. The highest BCUT2D eigenvalue weighted by molar-refractivity contribution is 6.11. The zero-order valence-electron chi connectivity index (χ0n) is 21.5. The number of carbonyl (C=O) groups is 1. The maximum atomic E-state index is 13.3. The van der Waals surface area contributed by atoms with Crippen LogP contribution in [0.15, 0.2) is 89.5 Å². The Hall–Kier alpha value is -5.43. The molecular formula is C29H24N8O2. The molecule has 3 aromatic carbocycles. The molecule has 0 radical (unpaired) electrons. The molecule has 0 unspecified atom stereocenters. The molecule has 0 bridgehead atoms. The highest BCUT2D eigenvalue weighted by Gasteiger charge is 2.20. The van der Waals surface area contributed by atoms with Crippen LogP contribution in [0, 0.1) is 6.57 Å². The number of hydrogen-bond donors (Lipinski definition) is 2. The minimum absolute atomic E-state index is 0.0197. The van der Waals surface area contributed by atoms with Gasteiger partial charge in [0, 0.05) is 23.5 Å². The number of nitrogens with one attached hydrogen (secondary N) is 1. The number of aromatic nitrogens is 4. The fourth-order valence-corrected chi connectivity index (χ4v) is 3.99. The van der Waals surface area contributed by atoms with Crippen LogP contribution in [0.25, 0.3) is 21.6 Å². The summed E-state index contributed by atoms with van der Waals surface area (Å²) in [7, 11) is 0. The van der Waals surface area contributed by atoms with E-state index >= 15 is 0 Å². The topological polar surface area (TPSA) is 122 Å². The number of anilines is 1. The zero-order chi connectivity index (χ0) is 27.6. The van der Waals surface area contributed by atoms with Crippen molar-refractivity contribution in [3.8, 4) is 11.7 Å². The number of benzene rings is 3. The Morgan fingerprint density at radius 2 is 1.74 bits per heavy atom. The number of phenols is 1. The first-order valence-electron chi connectivity index (χ1n) is 12.1. The number of aromatic hydroxyl groups is 1. The average molecular weight is 517 g/mol. The van der Waals surface area contributed by atoms with E-state index < -0.39 is 5.91 Å². The third-order valence-electron chi connectivity index (χ3n) is 6.08. The fourth-order valence-electron chi connectivity index (χ4n) is 3.99. The van der Waals surface area contributed by atoms with Crippen LogP contribution >= 0.6 is 0 Å². The normalized spacial score (nSPS) is 11.5. The summed E-state index contributed by atoms with van der Waals surface area (Å²) >= 11 is 0. The molecule has 0 aliphatic carbocycles. The minimum atomic E-state index is -0.497. The summed E-state index contributed by atoms with van der Waals surface area (Å²) in [5, 5.41) is 28.0. The molecular weight excluding hydrogens is 492 g/mol. The molecule has 0 aliphatic rings. The number of fused-ring (bicyclic) bond motifs is 1. The van der Waals surface area contributed by atoms with Gasteiger partial charge in [0.2, 0.25) is 0 Å². The number of nitrogens with zero attached hydrogens (tertiary/aromatic N) is 7. The molecule has 5 aromatic rings. The minimum Gasteiger partial charge on any atom is -0.505 e. The zero-order valence-corrected chi connectivity index (χ0v) is 21.5. The first-order chi connectivity index (χ1) is 18.8. The van der Waals surface area contributed by atoms with Crippen LogP contribution in [0.5, 0.6) is 5.75 Å². The fraction of sp³-hybridized carbons (Fsp3) is 0.138. The molecule has 10 heteroatoms. The average Bonchev–Trinajstić information content (AvgIpc) is 3.35. The van der Waals surface area contributed by atoms with Crippen LogP contribution in [0.2, 0.25) is 0 Å². The van der Waals surface area contributed by atoms with E-state index in [2.05, 4.69) is 56.2 Å². The van der Waals surface area contributed by atoms with Gasteiger partial charge in [0.15, 0.2) is 11.6 Å². The number of rotatable bonds is 5. The predicted molar refractivity (Wildman–Crippen MR) is 148 cm³/mol. The van der Waals surface area contributed by atoms with Crippen LogP contribution in [-0.4, -0.2) is 30.8 Å². The van der Waals surface area contributed by atoms with E-state index in [0.717, 1.165) is 5.56 Å². The SMILES string of the molecule is [C-]#[N+]c1cnn(-c2ncccn2)c1/N=N/c1c(O)c(C(=O)Nc2ccc(C(C)(C)C)cc2)cc2ccccc12. The first-order valence-corrected chi connectivity index (χ1v) is 12.1. The summed E-state index contributed by atoms with van der Waals surface area (Å²) in [6.45, 7) is 13.8. The molecule has 39 heavy (non-hydrogen) atoms. The van der Waals surface area contributed by atoms with E-state index in [4.69, 9.17) is 6.57 Å². The second-order valence-corrected chi connectivity index (χ2v) is 9.75. The molecule has 2 heterocycles. The van der Waals surface area contributed by atoms with E-state index in [1.807, 2.05) is 36.4 Å². The number of azo groups is 1. The van der Waals surface area contributed by atoms with Crippen LogP contribution < -0.4 is 5.32 Å². The van der Waals surface area contributed by atoms with Gasteiger partial charge in [0.25, 0.3) is 17.5 Å². The second-order valence-electron chi connectivity index (χ2n) is 9.75. The van der Waals surface area contributed by atoms with Crippen molar-refractivity contribution in [1.29, 1.82) is 0 Å². The summed E-state index contributed by atoms with van der Waals surface area (Å²) in [5.41, 5.74) is 1.95. The third-order valence-corrected chi connectivity index (χ3v) is 6.08. The molecule has 0 saturated carbocycles. The predicted octanol–water partition coefficient (Wildman–Crippen LogP) is 7.04. The number of phenolic OH excluding ortho intramolecular Hbond substituents is 1. The number of carbonyl (C=O) groups excluding carboxylic acids is 1. The van der Waals surface area contributed by atoms with E-state index in [-0.39, 0.29) is 39.9 Å². The highest BCUT2D eigenvalue weighted by Crippen LogP contribution is 2.40. The van der Waals surface area contributed by atoms with Crippen molar-refractivity contribution in [2.45, 2.75) is 26.2 Å². The van der Waals surface area contributed by atoms with E-state index in [1.54, 1.807) is 36.7 Å². The van der Waals surface area contributed by atoms with Crippen molar-refractivity contribution in [2.75, 3.05) is 5.32 Å². The van der Waals surface area contributed by atoms with Gasteiger partial charge in [0.05, 0.1) is 18.3 Å². The van der Waals surface area contributed by atoms with E-state index in [1.165, 1.54) is 10.9 Å². The Balaban J connectivity index is 1.55. The van der Waals surface area contributed by atoms with Crippen molar-refractivity contribution >= 4 is 39.6 Å². The molecule has 2 N–H and O–H groups in total. The molecule has 192 valence electrons. The second kappa shape index (κ2) is 10.1. The van der Waals surface area contributed by atoms with Gasteiger partial charge >= 0.3 is 0 Å². The molecule has 2 aromatic heterocycles. The van der Waals surface area contributed by atoms with Gasteiger partial charge in [0.1, 0.15) is 5.69 Å². The summed E-state index contributed by atoms with van der Waals surface area (Å²) in [6, 6.07) is 18.0. The molecule has 0 saturated heterocycles. The lowest BCUT2D eigenvalue weighted by atomic mass is 9.87. The monoisotopic (exact) mass is 516 g/mol. The van der Waals surface area contributed by atoms with Gasteiger partial charge < -0.3 is 10.4 Å². The van der Waals surface area contributed by atoms with Gasteiger partial charge in [-0.25, -0.2) is 14.8 Å². The lowest BCUT2D eigenvalue weighted by molar-refractivity contribution is 0.102. The Bertz CT molecular complexity index is 1750.